The van der Waals surface area contributed by atoms with Crippen LogP contribution in [0.25, 0.3) is 10.8 Å². The molecule has 0 amide bonds. The Bertz CT molecular complexity index is 929. The van der Waals surface area contributed by atoms with Gasteiger partial charge in [-0.3, -0.25) is 4.72 Å². The monoisotopic (exact) mass is 341 g/mol. The van der Waals surface area contributed by atoms with Crippen molar-refractivity contribution in [2.45, 2.75) is 13.3 Å². The molecule has 0 bridgehead atoms. The van der Waals surface area contributed by atoms with E-state index in [0.717, 1.165) is 16.5 Å². The number of nitrogens with one attached hydrogen (secondary N) is 1. The van der Waals surface area contributed by atoms with E-state index in [2.05, 4.69) is 4.72 Å². The van der Waals surface area contributed by atoms with Crippen LogP contribution in [-0.2, 0) is 10.0 Å². The number of rotatable bonds is 6. The quantitative estimate of drug-likeness (QED) is 0.702. The van der Waals surface area contributed by atoms with Gasteiger partial charge in [0, 0.05) is 11.1 Å². The van der Waals surface area contributed by atoms with Gasteiger partial charge in [0.25, 0.3) is 0 Å². The van der Waals surface area contributed by atoms with Crippen molar-refractivity contribution in [1.29, 1.82) is 0 Å². The Kier molecular flexibility index (Phi) is 4.71. The Balaban J connectivity index is 1.79. The molecule has 24 heavy (non-hydrogen) atoms. The molecule has 4 nitrogen and oxygen atoms in total. The van der Waals surface area contributed by atoms with E-state index in [0.29, 0.717) is 17.9 Å². The first kappa shape index (κ1) is 16.3. The van der Waals surface area contributed by atoms with Gasteiger partial charge in [-0.05, 0) is 42.1 Å². The number of ether oxygens (including phenoxy) is 1. The van der Waals surface area contributed by atoms with E-state index in [-0.39, 0.29) is 5.75 Å². The number of hydrogen-bond donors (Lipinski definition) is 1. The van der Waals surface area contributed by atoms with Crippen molar-refractivity contribution in [1.82, 2.24) is 0 Å². The third-order valence-electron chi connectivity index (χ3n) is 3.58. The lowest BCUT2D eigenvalue weighted by Gasteiger charge is -2.10. The molecule has 0 spiro atoms. The largest absolute Gasteiger partial charge is 0.457 e. The molecule has 3 rings (SSSR count). The van der Waals surface area contributed by atoms with Gasteiger partial charge in [-0.1, -0.05) is 43.3 Å². The van der Waals surface area contributed by atoms with E-state index in [4.69, 9.17) is 4.74 Å². The lowest BCUT2D eigenvalue weighted by atomic mass is 10.1. The molecule has 0 aliphatic heterocycles. The SMILES string of the molecule is CCCS(=O)(=O)Nc1ccc(Oc2cccc3ccccc23)cc1. The Hall–Kier alpha value is -2.53. The standard InChI is InChI=1S/C19H19NO3S/c1-2-14-24(21,22)20-16-10-12-17(13-11-16)23-19-9-5-7-15-6-3-4-8-18(15)19/h3-13,20H,2,14H2,1H3. The van der Waals surface area contributed by atoms with Crippen LogP contribution in [0, 0.1) is 0 Å². The molecule has 0 unspecified atom stereocenters. The molecule has 0 radical (unpaired) electrons. The van der Waals surface area contributed by atoms with E-state index in [1.165, 1.54) is 0 Å². The lowest BCUT2D eigenvalue weighted by molar-refractivity contribution is 0.488. The van der Waals surface area contributed by atoms with Crippen LogP contribution in [0.2, 0.25) is 0 Å². The van der Waals surface area contributed by atoms with Crippen LogP contribution in [0.5, 0.6) is 11.5 Å². The minimum Gasteiger partial charge on any atom is -0.457 e. The molecular weight excluding hydrogens is 322 g/mol. The Morgan fingerprint density at radius 1 is 0.917 bits per heavy atom. The summed E-state index contributed by atoms with van der Waals surface area (Å²) in [6.07, 6.45) is 0.581. The maximum absolute atomic E-state index is 11.8. The van der Waals surface area contributed by atoms with Crippen LogP contribution in [0.15, 0.2) is 66.7 Å². The van der Waals surface area contributed by atoms with Crippen LogP contribution in [0.3, 0.4) is 0 Å². The molecule has 124 valence electrons. The zero-order chi connectivity index (χ0) is 17.0. The molecule has 0 saturated heterocycles. The summed E-state index contributed by atoms with van der Waals surface area (Å²) in [5, 5.41) is 2.15. The predicted molar refractivity (Wildman–Crippen MR) is 98.2 cm³/mol. The summed E-state index contributed by atoms with van der Waals surface area (Å²) >= 11 is 0. The predicted octanol–water partition coefficient (Wildman–Crippen LogP) is 4.78. The van der Waals surface area contributed by atoms with E-state index in [1.54, 1.807) is 24.3 Å². The first-order valence-corrected chi connectivity index (χ1v) is 9.49. The Morgan fingerprint density at radius 3 is 2.38 bits per heavy atom. The Morgan fingerprint density at radius 2 is 1.62 bits per heavy atom. The molecule has 0 heterocycles. The van der Waals surface area contributed by atoms with E-state index in [9.17, 15) is 8.42 Å². The van der Waals surface area contributed by atoms with Gasteiger partial charge in [0.2, 0.25) is 10.0 Å². The average molecular weight is 341 g/mol. The molecule has 5 heteroatoms. The summed E-state index contributed by atoms with van der Waals surface area (Å²) < 4.78 is 32.1. The summed E-state index contributed by atoms with van der Waals surface area (Å²) in [6.45, 7) is 1.83. The van der Waals surface area contributed by atoms with Crippen LogP contribution in [0.4, 0.5) is 5.69 Å². The van der Waals surface area contributed by atoms with Gasteiger partial charge in [-0.2, -0.15) is 0 Å². The second-order valence-electron chi connectivity index (χ2n) is 5.52. The number of sulfonamides is 1. The molecule has 0 aliphatic carbocycles. The minimum absolute atomic E-state index is 0.112. The fraction of sp³-hybridized carbons (Fsp3) is 0.158. The first-order valence-electron chi connectivity index (χ1n) is 7.83. The van der Waals surface area contributed by atoms with Gasteiger partial charge < -0.3 is 4.74 Å². The zero-order valence-electron chi connectivity index (χ0n) is 13.4. The van der Waals surface area contributed by atoms with E-state index < -0.39 is 10.0 Å². The van der Waals surface area contributed by atoms with Crippen LogP contribution in [0.1, 0.15) is 13.3 Å². The minimum atomic E-state index is -3.28. The number of benzene rings is 3. The molecule has 0 fully saturated rings. The second-order valence-corrected chi connectivity index (χ2v) is 7.37. The van der Waals surface area contributed by atoms with Gasteiger partial charge in [0.1, 0.15) is 11.5 Å². The third kappa shape index (κ3) is 3.86. The van der Waals surface area contributed by atoms with Crippen molar-refractivity contribution < 1.29 is 13.2 Å². The van der Waals surface area contributed by atoms with Gasteiger partial charge >= 0.3 is 0 Å². The maximum Gasteiger partial charge on any atom is 0.232 e. The molecule has 1 N–H and O–H groups in total. The number of fused-ring (bicyclic) bond motifs is 1. The van der Waals surface area contributed by atoms with Crippen molar-refractivity contribution in [3.63, 3.8) is 0 Å². The van der Waals surface area contributed by atoms with Crippen molar-refractivity contribution in [2.24, 2.45) is 0 Å². The number of hydrogen-bond acceptors (Lipinski definition) is 3. The summed E-state index contributed by atoms with van der Waals surface area (Å²) in [5.41, 5.74) is 0.536. The van der Waals surface area contributed by atoms with Crippen molar-refractivity contribution in [3.05, 3.63) is 66.7 Å². The first-order chi connectivity index (χ1) is 11.6. The highest BCUT2D eigenvalue weighted by Gasteiger charge is 2.09. The molecule has 3 aromatic carbocycles. The molecule has 0 atom stereocenters. The molecule has 0 saturated carbocycles. The molecule has 3 aromatic rings. The third-order valence-corrected chi connectivity index (χ3v) is 5.07. The van der Waals surface area contributed by atoms with Crippen LogP contribution in [-0.4, -0.2) is 14.2 Å². The smallest absolute Gasteiger partial charge is 0.232 e. The zero-order valence-corrected chi connectivity index (χ0v) is 14.2. The summed E-state index contributed by atoms with van der Waals surface area (Å²) in [4.78, 5) is 0. The van der Waals surface area contributed by atoms with E-state index >= 15 is 0 Å². The van der Waals surface area contributed by atoms with Crippen molar-refractivity contribution in [3.8, 4) is 11.5 Å². The highest BCUT2D eigenvalue weighted by Crippen LogP contribution is 2.30. The lowest BCUT2D eigenvalue weighted by Crippen LogP contribution is -2.15. The van der Waals surface area contributed by atoms with Crippen molar-refractivity contribution >= 4 is 26.5 Å². The normalized spacial score (nSPS) is 11.4. The highest BCUT2D eigenvalue weighted by molar-refractivity contribution is 7.92. The van der Waals surface area contributed by atoms with Crippen LogP contribution < -0.4 is 9.46 Å². The van der Waals surface area contributed by atoms with Gasteiger partial charge in [0.15, 0.2) is 0 Å². The van der Waals surface area contributed by atoms with Gasteiger partial charge in [0.05, 0.1) is 5.75 Å². The molecular formula is C19H19NO3S. The molecule has 0 aliphatic rings. The highest BCUT2D eigenvalue weighted by atomic mass is 32.2. The summed E-state index contributed by atoms with van der Waals surface area (Å²) in [6, 6.07) is 20.8. The van der Waals surface area contributed by atoms with Gasteiger partial charge in [-0.15, -0.1) is 0 Å². The molecule has 0 aromatic heterocycles. The maximum atomic E-state index is 11.8. The number of anilines is 1. The topological polar surface area (TPSA) is 55.4 Å². The summed E-state index contributed by atoms with van der Waals surface area (Å²) in [5.74, 6) is 1.54. The van der Waals surface area contributed by atoms with Gasteiger partial charge in [-0.25, -0.2) is 8.42 Å². The van der Waals surface area contributed by atoms with Crippen LogP contribution >= 0.6 is 0 Å². The van der Waals surface area contributed by atoms with E-state index in [1.807, 2.05) is 49.4 Å². The fourth-order valence-corrected chi connectivity index (χ4v) is 3.64. The second kappa shape index (κ2) is 6.93. The average Bonchev–Trinajstić information content (AvgIpc) is 2.57. The fourth-order valence-electron chi connectivity index (χ4n) is 2.50. The summed E-state index contributed by atoms with van der Waals surface area (Å²) in [7, 11) is -3.28. The van der Waals surface area contributed by atoms with Crippen molar-refractivity contribution in [2.75, 3.05) is 10.5 Å². The Labute approximate surface area is 142 Å².